The molecule has 1 aliphatic carbocycles. The molecule has 3 atom stereocenters. The normalized spacial score (nSPS) is 30.0. The molecule has 114 valence electrons. The molecule has 0 radical (unpaired) electrons. The number of hydrogen-bond donors (Lipinski definition) is 0. The molecule has 20 heavy (non-hydrogen) atoms. The summed E-state index contributed by atoms with van der Waals surface area (Å²) in [5, 5.41) is 0. The lowest BCUT2D eigenvalue weighted by molar-refractivity contribution is 0.0681. The maximum atomic E-state index is 12.4. The van der Waals surface area contributed by atoms with E-state index in [4.69, 9.17) is 4.74 Å². The van der Waals surface area contributed by atoms with Gasteiger partial charge in [0.2, 0.25) is 0 Å². The number of nitrogens with zero attached hydrogens (tertiary/aromatic N) is 1. The molecule has 0 aromatic carbocycles. The second-order valence-electron chi connectivity index (χ2n) is 7.53. The first-order chi connectivity index (χ1) is 9.40. The lowest BCUT2D eigenvalue weighted by atomic mass is 9.90. The maximum Gasteiger partial charge on any atom is 0.410 e. The molecule has 4 heteroatoms. The number of carbonyl (C=O) groups is 1. The summed E-state index contributed by atoms with van der Waals surface area (Å²) in [6.07, 6.45) is 7.99. The van der Waals surface area contributed by atoms with Crippen LogP contribution in [0.15, 0.2) is 12.2 Å². The van der Waals surface area contributed by atoms with Gasteiger partial charge in [-0.15, -0.1) is 0 Å². The zero-order chi connectivity index (χ0) is 14.8. The molecule has 1 saturated heterocycles. The van der Waals surface area contributed by atoms with Crippen LogP contribution in [0, 0.1) is 11.8 Å². The molecule has 0 aromatic heterocycles. The van der Waals surface area contributed by atoms with Gasteiger partial charge in [-0.2, -0.15) is 0 Å². The Morgan fingerprint density at radius 2 is 2.10 bits per heavy atom. The molecule has 1 amide bonds. The second-order valence-corrected chi connectivity index (χ2v) is 13.2. The molecule has 1 saturated carbocycles. The van der Waals surface area contributed by atoms with Crippen LogP contribution in [-0.2, 0) is 4.74 Å². The van der Waals surface area contributed by atoms with Gasteiger partial charge in [0.15, 0.2) is 0 Å². The molecule has 2 rings (SSSR count). The minimum absolute atomic E-state index is 0.0945. The predicted molar refractivity (Wildman–Crippen MR) is 85.6 cm³/mol. The summed E-state index contributed by atoms with van der Waals surface area (Å²) in [7, 11) is -1.13. The minimum Gasteiger partial charge on any atom is -0.450 e. The molecule has 3 nitrogen and oxygen atoms in total. The number of rotatable bonds is 4. The summed E-state index contributed by atoms with van der Waals surface area (Å²) in [5.41, 5.74) is 0. The van der Waals surface area contributed by atoms with E-state index < -0.39 is 8.07 Å². The standard InChI is InChI=1S/C16H29NO2Si/c1-5-6-15-14-8-7-13(11-14)12-17(15)16(18)19-9-10-20(2,3)4/h5-6,13-15H,7-12H2,1-4H3/b6-5-/t13-,14+,15+/m0/s1. The van der Waals surface area contributed by atoms with Crippen molar-refractivity contribution >= 4 is 14.2 Å². The molecule has 1 aliphatic heterocycles. The van der Waals surface area contributed by atoms with Crippen LogP contribution in [-0.4, -0.2) is 38.3 Å². The van der Waals surface area contributed by atoms with E-state index in [0.29, 0.717) is 18.4 Å². The summed E-state index contributed by atoms with van der Waals surface area (Å²) in [4.78, 5) is 14.4. The summed E-state index contributed by atoms with van der Waals surface area (Å²) in [6, 6.07) is 1.31. The third-order valence-electron chi connectivity index (χ3n) is 4.58. The lowest BCUT2D eigenvalue weighted by Gasteiger charge is -2.38. The van der Waals surface area contributed by atoms with Gasteiger partial charge in [-0.1, -0.05) is 31.8 Å². The largest absolute Gasteiger partial charge is 0.450 e. The zero-order valence-corrected chi connectivity index (χ0v) is 14.4. The van der Waals surface area contributed by atoms with E-state index in [1.807, 2.05) is 11.8 Å². The Morgan fingerprint density at radius 3 is 2.75 bits per heavy atom. The van der Waals surface area contributed by atoms with Gasteiger partial charge in [-0.25, -0.2) is 4.79 Å². The fourth-order valence-corrected chi connectivity index (χ4v) is 4.14. The van der Waals surface area contributed by atoms with Crippen molar-refractivity contribution in [2.45, 2.75) is 57.9 Å². The summed E-state index contributed by atoms with van der Waals surface area (Å²) >= 11 is 0. The van der Waals surface area contributed by atoms with Crippen molar-refractivity contribution in [2.24, 2.45) is 11.8 Å². The number of ether oxygens (including phenoxy) is 1. The Balaban J connectivity index is 1.93. The number of allylic oxidation sites excluding steroid dienone is 1. The lowest BCUT2D eigenvalue weighted by Crippen LogP contribution is -2.48. The van der Waals surface area contributed by atoms with Gasteiger partial charge in [0.05, 0.1) is 12.6 Å². The molecule has 1 heterocycles. The molecule has 0 spiro atoms. The topological polar surface area (TPSA) is 29.5 Å². The molecule has 0 unspecified atom stereocenters. The van der Waals surface area contributed by atoms with Crippen LogP contribution in [0.3, 0.4) is 0 Å². The van der Waals surface area contributed by atoms with Gasteiger partial charge in [0.1, 0.15) is 0 Å². The molecule has 0 N–H and O–H groups in total. The van der Waals surface area contributed by atoms with Gasteiger partial charge < -0.3 is 9.64 Å². The van der Waals surface area contributed by atoms with Crippen LogP contribution in [0.2, 0.25) is 25.7 Å². The molecule has 0 aromatic rings. The number of amides is 1. The van der Waals surface area contributed by atoms with Crippen LogP contribution >= 0.6 is 0 Å². The van der Waals surface area contributed by atoms with Crippen LogP contribution in [0.5, 0.6) is 0 Å². The highest BCUT2D eigenvalue weighted by Crippen LogP contribution is 2.41. The predicted octanol–water partition coefficient (Wildman–Crippen LogP) is 4.14. The van der Waals surface area contributed by atoms with Gasteiger partial charge in [-0.3, -0.25) is 0 Å². The van der Waals surface area contributed by atoms with Crippen LogP contribution in [0.4, 0.5) is 4.79 Å². The quantitative estimate of drug-likeness (QED) is 0.576. The Morgan fingerprint density at radius 1 is 1.35 bits per heavy atom. The number of likely N-dealkylation sites (tertiary alicyclic amines) is 1. The van der Waals surface area contributed by atoms with Crippen molar-refractivity contribution in [3.63, 3.8) is 0 Å². The minimum atomic E-state index is -1.13. The molecular weight excluding hydrogens is 266 g/mol. The van der Waals surface area contributed by atoms with E-state index in [-0.39, 0.29) is 12.1 Å². The first-order valence-corrected chi connectivity index (χ1v) is 11.7. The third-order valence-corrected chi connectivity index (χ3v) is 6.29. The average Bonchev–Trinajstić information content (AvgIpc) is 2.74. The van der Waals surface area contributed by atoms with E-state index in [1.165, 1.54) is 19.3 Å². The van der Waals surface area contributed by atoms with E-state index in [0.717, 1.165) is 12.6 Å². The SMILES string of the molecule is C/C=C\[C@@H]1[C@@H]2CC[C@@H](C2)CN1C(=O)OCC[Si](C)(C)C. The third kappa shape index (κ3) is 3.87. The average molecular weight is 295 g/mol. The Hall–Kier alpha value is -0.773. The highest BCUT2D eigenvalue weighted by atomic mass is 28.3. The van der Waals surface area contributed by atoms with Crippen molar-refractivity contribution in [3.05, 3.63) is 12.2 Å². The Bertz CT molecular complexity index is 375. The van der Waals surface area contributed by atoms with E-state index in [1.54, 1.807) is 0 Å². The Kier molecular flexibility index (Phi) is 4.94. The van der Waals surface area contributed by atoms with E-state index in [9.17, 15) is 4.79 Å². The van der Waals surface area contributed by atoms with Gasteiger partial charge in [-0.05, 0) is 44.1 Å². The van der Waals surface area contributed by atoms with Crippen molar-refractivity contribution in [3.8, 4) is 0 Å². The van der Waals surface area contributed by atoms with Crippen molar-refractivity contribution in [2.75, 3.05) is 13.2 Å². The summed E-state index contributed by atoms with van der Waals surface area (Å²) in [5.74, 6) is 1.35. The fraction of sp³-hybridized carbons (Fsp3) is 0.812. The molecule has 2 fully saturated rings. The fourth-order valence-electron chi connectivity index (χ4n) is 3.43. The zero-order valence-electron chi connectivity index (χ0n) is 13.4. The Labute approximate surface area is 124 Å². The van der Waals surface area contributed by atoms with Gasteiger partial charge in [0, 0.05) is 14.6 Å². The first-order valence-electron chi connectivity index (χ1n) is 7.97. The van der Waals surface area contributed by atoms with Crippen molar-refractivity contribution in [1.29, 1.82) is 0 Å². The number of hydrogen-bond acceptors (Lipinski definition) is 2. The van der Waals surface area contributed by atoms with Gasteiger partial charge >= 0.3 is 6.09 Å². The number of piperidine rings is 1. The highest BCUT2D eigenvalue weighted by Gasteiger charge is 2.41. The van der Waals surface area contributed by atoms with E-state index >= 15 is 0 Å². The van der Waals surface area contributed by atoms with E-state index in [2.05, 4.69) is 31.8 Å². The summed E-state index contributed by atoms with van der Waals surface area (Å²) < 4.78 is 5.55. The van der Waals surface area contributed by atoms with Crippen molar-refractivity contribution < 1.29 is 9.53 Å². The monoisotopic (exact) mass is 295 g/mol. The smallest absolute Gasteiger partial charge is 0.410 e. The van der Waals surface area contributed by atoms with Crippen molar-refractivity contribution in [1.82, 2.24) is 4.90 Å². The first kappa shape index (κ1) is 15.6. The van der Waals surface area contributed by atoms with Crippen LogP contribution < -0.4 is 0 Å². The molecular formula is C16H29NO2Si. The van der Waals surface area contributed by atoms with Crippen LogP contribution in [0.1, 0.15) is 26.2 Å². The molecule has 2 bridgehead atoms. The summed E-state index contributed by atoms with van der Waals surface area (Å²) in [6.45, 7) is 10.4. The van der Waals surface area contributed by atoms with Gasteiger partial charge in [0.25, 0.3) is 0 Å². The number of fused-ring (bicyclic) bond motifs is 2. The second kappa shape index (κ2) is 6.33. The number of carbonyl (C=O) groups excluding carboxylic acids is 1. The highest BCUT2D eigenvalue weighted by molar-refractivity contribution is 6.76. The van der Waals surface area contributed by atoms with Crippen LogP contribution in [0.25, 0.3) is 0 Å². The maximum absolute atomic E-state index is 12.4. The molecule has 2 aliphatic rings.